The van der Waals surface area contributed by atoms with Gasteiger partial charge in [-0.3, -0.25) is 19.5 Å². The number of nitrogens with two attached hydrogens (primary N) is 1. The van der Waals surface area contributed by atoms with E-state index in [2.05, 4.69) is 15.0 Å². The molecule has 4 aromatic rings. The van der Waals surface area contributed by atoms with Gasteiger partial charge in [0.1, 0.15) is 6.33 Å². The number of aromatic nitrogens is 3. The van der Waals surface area contributed by atoms with E-state index in [0.717, 1.165) is 22.4 Å². The molecule has 0 fully saturated rings. The predicted molar refractivity (Wildman–Crippen MR) is 136 cm³/mol. The van der Waals surface area contributed by atoms with Gasteiger partial charge in [0.05, 0.1) is 24.5 Å². The highest BCUT2D eigenvalue weighted by Gasteiger charge is 2.50. The molecule has 37 heavy (non-hydrogen) atoms. The van der Waals surface area contributed by atoms with Crippen molar-refractivity contribution in [3.63, 3.8) is 0 Å². The van der Waals surface area contributed by atoms with Crippen molar-refractivity contribution < 1.29 is 9.59 Å². The molecule has 0 atom stereocenters. The summed E-state index contributed by atoms with van der Waals surface area (Å²) in [4.78, 5) is 47.8. The van der Waals surface area contributed by atoms with Crippen LogP contribution < -0.4 is 5.73 Å². The van der Waals surface area contributed by atoms with Crippen LogP contribution in [0.5, 0.6) is 0 Å². The summed E-state index contributed by atoms with van der Waals surface area (Å²) in [6, 6.07) is 22.2. The summed E-state index contributed by atoms with van der Waals surface area (Å²) in [5, 5.41) is 0. The fraction of sp³-hybridized carbons (Fsp3) is 0.143. The summed E-state index contributed by atoms with van der Waals surface area (Å²) in [5.74, 6) is -0.307. The van der Waals surface area contributed by atoms with Crippen molar-refractivity contribution in [2.24, 2.45) is 10.7 Å². The Bertz CT molecular complexity index is 1460. The van der Waals surface area contributed by atoms with E-state index in [-0.39, 0.29) is 24.3 Å². The lowest BCUT2D eigenvalue weighted by Gasteiger charge is -2.27. The van der Waals surface area contributed by atoms with E-state index in [1.807, 2.05) is 60.7 Å². The van der Waals surface area contributed by atoms with Crippen molar-refractivity contribution in [1.29, 1.82) is 0 Å². The van der Waals surface area contributed by atoms with Gasteiger partial charge in [-0.15, -0.1) is 0 Å². The third-order valence-corrected chi connectivity index (χ3v) is 6.75. The molecule has 2 aliphatic heterocycles. The Kier molecular flexibility index (Phi) is 5.45. The molecule has 0 unspecified atom stereocenters. The van der Waals surface area contributed by atoms with Crippen LogP contribution >= 0.6 is 0 Å². The SMILES string of the molecule is NC1=NC(c2ccccc2)(c2ccccc2)C(=O)N1Cc1cc(C(=O)N2Cc3cncnc3C2)ccn1. The fourth-order valence-electron chi connectivity index (χ4n) is 4.92. The molecule has 0 radical (unpaired) electrons. The highest BCUT2D eigenvalue weighted by atomic mass is 16.2. The molecule has 2 aliphatic rings. The molecule has 182 valence electrons. The van der Waals surface area contributed by atoms with Gasteiger partial charge in [-0.25, -0.2) is 15.0 Å². The molecule has 4 heterocycles. The number of hydrogen-bond acceptors (Lipinski definition) is 7. The number of nitrogens with zero attached hydrogens (tertiary/aromatic N) is 6. The van der Waals surface area contributed by atoms with Crippen LogP contribution in [0.3, 0.4) is 0 Å². The van der Waals surface area contributed by atoms with Crippen LogP contribution in [0, 0.1) is 0 Å². The van der Waals surface area contributed by atoms with Crippen LogP contribution in [-0.2, 0) is 30.0 Å². The summed E-state index contributed by atoms with van der Waals surface area (Å²) in [6.45, 7) is 0.963. The fourth-order valence-corrected chi connectivity index (χ4v) is 4.92. The molecule has 0 saturated carbocycles. The minimum atomic E-state index is -1.29. The summed E-state index contributed by atoms with van der Waals surface area (Å²) in [5.41, 5.74) is 9.32. The minimum Gasteiger partial charge on any atom is -0.369 e. The topological polar surface area (TPSA) is 118 Å². The van der Waals surface area contributed by atoms with E-state index in [1.54, 1.807) is 29.4 Å². The molecular weight excluding hydrogens is 466 g/mol. The second-order valence-electron chi connectivity index (χ2n) is 9.00. The largest absolute Gasteiger partial charge is 0.369 e. The zero-order valence-electron chi connectivity index (χ0n) is 19.9. The van der Waals surface area contributed by atoms with E-state index in [0.29, 0.717) is 24.3 Å². The Morgan fingerprint density at radius 2 is 1.65 bits per heavy atom. The number of aliphatic imine (C=N–C) groups is 1. The summed E-state index contributed by atoms with van der Waals surface area (Å²) in [7, 11) is 0. The Balaban J connectivity index is 1.28. The summed E-state index contributed by atoms with van der Waals surface area (Å²) in [6.07, 6.45) is 4.79. The zero-order valence-corrected chi connectivity index (χ0v) is 19.9. The van der Waals surface area contributed by atoms with E-state index >= 15 is 0 Å². The van der Waals surface area contributed by atoms with Crippen molar-refractivity contribution in [2.75, 3.05) is 0 Å². The average molecular weight is 490 g/mol. The number of rotatable bonds is 5. The van der Waals surface area contributed by atoms with E-state index in [1.165, 1.54) is 11.2 Å². The first-order chi connectivity index (χ1) is 18.1. The molecule has 6 rings (SSSR count). The maximum atomic E-state index is 14.0. The van der Waals surface area contributed by atoms with E-state index in [4.69, 9.17) is 10.7 Å². The lowest BCUT2D eigenvalue weighted by molar-refractivity contribution is -0.130. The molecule has 0 bridgehead atoms. The lowest BCUT2D eigenvalue weighted by Crippen LogP contribution is -2.43. The van der Waals surface area contributed by atoms with Gasteiger partial charge in [-0.05, 0) is 23.3 Å². The molecule has 9 heteroatoms. The van der Waals surface area contributed by atoms with Crippen molar-refractivity contribution in [3.05, 3.63) is 125 Å². The standard InChI is InChI=1S/C28H23N7O2/c29-27-33-28(21-7-3-1-4-8-21,22-9-5-2-6-10-22)26(37)35(27)16-23-13-19(11-12-31-23)25(36)34-15-20-14-30-18-32-24(20)17-34/h1-14,18H,15-17H2,(H2,29,33). The number of benzene rings is 2. The Hall–Kier alpha value is -4.92. The van der Waals surface area contributed by atoms with Crippen LogP contribution in [0.4, 0.5) is 0 Å². The molecular formula is C28H23N7O2. The van der Waals surface area contributed by atoms with Crippen LogP contribution in [0.15, 0.2) is 96.5 Å². The minimum absolute atomic E-state index is 0.0857. The third kappa shape index (κ3) is 3.81. The Morgan fingerprint density at radius 1 is 0.946 bits per heavy atom. The van der Waals surface area contributed by atoms with Crippen molar-refractivity contribution >= 4 is 17.8 Å². The van der Waals surface area contributed by atoms with Gasteiger partial charge in [0, 0.05) is 30.1 Å². The zero-order chi connectivity index (χ0) is 25.4. The Labute approximate surface area is 213 Å². The first-order valence-corrected chi connectivity index (χ1v) is 11.9. The van der Waals surface area contributed by atoms with Crippen molar-refractivity contribution in [3.8, 4) is 0 Å². The van der Waals surface area contributed by atoms with Gasteiger partial charge in [0.15, 0.2) is 11.5 Å². The van der Waals surface area contributed by atoms with Gasteiger partial charge < -0.3 is 10.6 Å². The van der Waals surface area contributed by atoms with Gasteiger partial charge in [-0.2, -0.15) is 0 Å². The number of pyridine rings is 1. The molecule has 2 aromatic carbocycles. The normalized spacial score (nSPS) is 16.0. The third-order valence-electron chi connectivity index (χ3n) is 6.75. The van der Waals surface area contributed by atoms with Gasteiger partial charge in [-0.1, -0.05) is 60.7 Å². The lowest BCUT2D eigenvalue weighted by atomic mass is 9.83. The van der Waals surface area contributed by atoms with Gasteiger partial charge in [0.25, 0.3) is 11.8 Å². The van der Waals surface area contributed by atoms with Crippen LogP contribution in [0.25, 0.3) is 0 Å². The molecule has 0 aliphatic carbocycles. The highest BCUT2D eigenvalue weighted by Crippen LogP contribution is 2.39. The smallest absolute Gasteiger partial charge is 0.266 e. The van der Waals surface area contributed by atoms with E-state index in [9.17, 15) is 9.59 Å². The quantitative estimate of drug-likeness (QED) is 0.461. The predicted octanol–water partition coefficient (Wildman–Crippen LogP) is 2.63. The van der Waals surface area contributed by atoms with Crippen LogP contribution in [0.2, 0.25) is 0 Å². The van der Waals surface area contributed by atoms with Crippen LogP contribution in [-0.4, -0.2) is 42.5 Å². The number of fused-ring (bicyclic) bond motifs is 1. The van der Waals surface area contributed by atoms with Crippen molar-refractivity contribution in [1.82, 2.24) is 24.8 Å². The summed E-state index contributed by atoms with van der Waals surface area (Å²) < 4.78 is 0. The Morgan fingerprint density at radius 3 is 2.32 bits per heavy atom. The first kappa shape index (κ1) is 22.5. The second-order valence-corrected chi connectivity index (χ2v) is 9.00. The van der Waals surface area contributed by atoms with Crippen molar-refractivity contribution in [2.45, 2.75) is 25.2 Å². The van der Waals surface area contributed by atoms with Crippen LogP contribution in [0.1, 0.15) is 38.4 Å². The first-order valence-electron chi connectivity index (χ1n) is 11.9. The summed E-state index contributed by atoms with van der Waals surface area (Å²) >= 11 is 0. The highest BCUT2D eigenvalue weighted by molar-refractivity contribution is 6.09. The molecule has 2 N–H and O–H groups in total. The number of carbonyl (C=O) groups excluding carboxylic acids is 2. The number of amides is 2. The monoisotopic (exact) mass is 489 g/mol. The number of carbonyl (C=O) groups is 2. The molecule has 2 amide bonds. The van der Waals surface area contributed by atoms with Gasteiger partial charge >= 0.3 is 0 Å². The molecule has 2 aromatic heterocycles. The van der Waals surface area contributed by atoms with E-state index < -0.39 is 5.54 Å². The molecule has 0 saturated heterocycles. The molecule has 9 nitrogen and oxygen atoms in total. The number of guanidine groups is 1. The number of hydrogen-bond donors (Lipinski definition) is 1. The van der Waals surface area contributed by atoms with Gasteiger partial charge in [0.2, 0.25) is 0 Å². The maximum absolute atomic E-state index is 14.0. The average Bonchev–Trinajstić information content (AvgIpc) is 3.49. The maximum Gasteiger partial charge on any atom is 0.266 e. The second kappa shape index (κ2) is 8.94. The molecule has 0 spiro atoms.